The summed E-state index contributed by atoms with van der Waals surface area (Å²) in [7, 11) is 0. The van der Waals surface area contributed by atoms with E-state index in [1.165, 1.54) is 19.3 Å². The van der Waals surface area contributed by atoms with Crippen molar-refractivity contribution in [2.45, 2.75) is 46.0 Å². The predicted molar refractivity (Wildman–Crippen MR) is 104 cm³/mol. The zero-order valence-electron chi connectivity index (χ0n) is 14.8. The average molecular weight is 348 g/mol. The molecule has 1 aromatic heterocycles. The quantitative estimate of drug-likeness (QED) is 0.531. The summed E-state index contributed by atoms with van der Waals surface area (Å²) in [6.07, 6.45) is 5.89. The van der Waals surface area contributed by atoms with Crippen LogP contribution in [0.1, 0.15) is 45.2 Å². The molecule has 24 heavy (non-hydrogen) atoms. The van der Waals surface area contributed by atoms with E-state index in [9.17, 15) is 0 Å². The number of nitrogens with one attached hydrogen (secondary N) is 2. The summed E-state index contributed by atoms with van der Waals surface area (Å²) < 4.78 is 5.77. The number of rotatable bonds is 12. The van der Waals surface area contributed by atoms with Gasteiger partial charge in [-0.3, -0.25) is 0 Å². The summed E-state index contributed by atoms with van der Waals surface area (Å²) in [6.45, 7) is 7.12. The van der Waals surface area contributed by atoms with Gasteiger partial charge in [0.2, 0.25) is 0 Å². The third kappa shape index (κ3) is 6.89. The Morgan fingerprint density at radius 2 is 1.92 bits per heavy atom. The fourth-order valence-corrected chi connectivity index (χ4v) is 3.11. The maximum atomic E-state index is 5.77. The summed E-state index contributed by atoms with van der Waals surface area (Å²) in [5.41, 5.74) is 2.18. The Hall–Kier alpha value is -1.59. The van der Waals surface area contributed by atoms with Crippen molar-refractivity contribution in [3.8, 4) is 5.75 Å². The van der Waals surface area contributed by atoms with Gasteiger partial charge in [0, 0.05) is 24.0 Å². The number of aromatic nitrogens is 1. The lowest BCUT2D eigenvalue weighted by Crippen LogP contribution is -2.16. The monoisotopic (exact) mass is 347 g/mol. The van der Waals surface area contributed by atoms with E-state index in [1.54, 1.807) is 11.3 Å². The molecule has 0 aliphatic carbocycles. The highest BCUT2D eigenvalue weighted by Gasteiger charge is 2.03. The number of anilines is 2. The fraction of sp³-hybridized carbons (Fsp3) is 0.526. The number of nitrogens with zero attached hydrogens (tertiary/aromatic N) is 1. The number of unbranched alkanes of at least 4 members (excludes halogenated alkanes) is 3. The van der Waals surface area contributed by atoms with Crippen molar-refractivity contribution >= 4 is 22.2 Å². The van der Waals surface area contributed by atoms with Crippen LogP contribution in [0, 0.1) is 0 Å². The first-order chi connectivity index (χ1) is 11.8. The van der Waals surface area contributed by atoms with Crippen molar-refractivity contribution in [3.05, 3.63) is 35.3 Å². The number of hydrogen-bond donors (Lipinski definition) is 2. The Morgan fingerprint density at radius 1 is 1.08 bits per heavy atom. The predicted octanol–water partition coefficient (Wildman–Crippen LogP) is 5.00. The van der Waals surface area contributed by atoms with Crippen molar-refractivity contribution in [1.29, 1.82) is 0 Å². The molecule has 2 aromatic rings. The standard InChI is InChI=1S/C19H29N3OS/c1-3-5-6-7-14-23-18-10-8-16(9-11-18)21-19-22-17(15-24-19)12-13-20-4-2/h8-11,15,20H,3-7,12-14H2,1-2H3,(H,21,22). The van der Waals surface area contributed by atoms with E-state index in [4.69, 9.17) is 4.74 Å². The molecular weight excluding hydrogens is 318 g/mol. The maximum absolute atomic E-state index is 5.77. The molecule has 0 unspecified atom stereocenters. The third-order valence-electron chi connectivity index (χ3n) is 3.73. The molecule has 4 nitrogen and oxygen atoms in total. The molecular formula is C19H29N3OS. The summed E-state index contributed by atoms with van der Waals surface area (Å²) in [6, 6.07) is 8.12. The number of hydrogen-bond acceptors (Lipinski definition) is 5. The highest BCUT2D eigenvalue weighted by molar-refractivity contribution is 7.13. The molecule has 0 spiro atoms. The first kappa shape index (κ1) is 18.7. The van der Waals surface area contributed by atoms with Gasteiger partial charge in [-0.05, 0) is 37.2 Å². The Labute approximate surface area is 149 Å². The van der Waals surface area contributed by atoms with Gasteiger partial charge in [-0.1, -0.05) is 33.1 Å². The lowest BCUT2D eigenvalue weighted by atomic mass is 10.2. The SMILES string of the molecule is CCCCCCOc1ccc(Nc2nc(CCNCC)cs2)cc1. The molecule has 1 aromatic carbocycles. The highest BCUT2D eigenvalue weighted by atomic mass is 32.1. The van der Waals surface area contributed by atoms with Crippen LogP contribution in [0.25, 0.3) is 0 Å². The molecule has 0 aliphatic rings. The van der Waals surface area contributed by atoms with Crippen LogP contribution in [-0.2, 0) is 6.42 Å². The topological polar surface area (TPSA) is 46.2 Å². The first-order valence-corrected chi connectivity index (χ1v) is 9.84. The lowest BCUT2D eigenvalue weighted by molar-refractivity contribution is 0.305. The van der Waals surface area contributed by atoms with Crippen LogP contribution in [-0.4, -0.2) is 24.7 Å². The van der Waals surface area contributed by atoms with E-state index in [0.29, 0.717) is 0 Å². The molecule has 0 saturated heterocycles. The maximum Gasteiger partial charge on any atom is 0.187 e. The Morgan fingerprint density at radius 3 is 2.67 bits per heavy atom. The minimum atomic E-state index is 0.800. The van der Waals surface area contributed by atoms with Crippen molar-refractivity contribution in [3.63, 3.8) is 0 Å². The van der Waals surface area contributed by atoms with Crippen LogP contribution in [0.4, 0.5) is 10.8 Å². The molecule has 132 valence electrons. The van der Waals surface area contributed by atoms with Gasteiger partial charge in [0.15, 0.2) is 5.13 Å². The van der Waals surface area contributed by atoms with Gasteiger partial charge in [0.05, 0.1) is 12.3 Å². The van der Waals surface area contributed by atoms with Crippen molar-refractivity contribution in [2.75, 3.05) is 25.0 Å². The molecule has 0 aliphatic heterocycles. The number of benzene rings is 1. The van der Waals surface area contributed by atoms with Gasteiger partial charge >= 0.3 is 0 Å². The molecule has 0 atom stereocenters. The summed E-state index contributed by atoms with van der Waals surface area (Å²) in [4.78, 5) is 4.61. The normalized spacial score (nSPS) is 10.8. The molecule has 0 saturated carbocycles. The first-order valence-electron chi connectivity index (χ1n) is 8.96. The van der Waals surface area contributed by atoms with Gasteiger partial charge < -0.3 is 15.4 Å². The van der Waals surface area contributed by atoms with E-state index in [-0.39, 0.29) is 0 Å². The van der Waals surface area contributed by atoms with E-state index in [0.717, 1.165) is 54.8 Å². The summed E-state index contributed by atoms with van der Waals surface area (Å²) in [5, 5.41) is 9.74. The van der Waals surface area contributed by atoms with Crippen molar-refractivity contribution in [2.24, 2.45) is 0 Å². The van der Waals surface area contributed by atoms with Gasteiger partial charge in [0.25, 0.3) is 0 Å². The summed E-state index contributed by atoms with van der Waals surface area (Å²) in [5.74, 6) is 0.933. The van der Waals surface area contributed by atoms with Crippen molar-refractivity contribution in [1.82, 2.24) is 10.3 Å². The molecule has 2 rings (SSSR count). The van der Waals surface area contributed by atoms with E-state index in [2.05, 4.69) is 34.8 Å². The number of thiazole rings is 1. The third-order valence-corrected chi connectivity index (χ3v) is 4.54. The van der Waals surface area contributed by atoms with Crippen LogP contribution < -0.4 is 15.4 Å². The Balaban J connectivity index is 1.75. The van der Waals surface area contributed by atoms with Crippen molar-refractivity contribution < 1.29 is 4.74 Å². The Bertz CT molecular complexity index is 568. The highest BCUT2D eigenvalue weighted by Crippen LogP contribution is 2.23. The zero-order chi connectivity index (χ0) is 17.0. The molecule has 5 heteroatoms. The molecule has 1 heterocycles. The van der Waals surface area contributed by atoms with Gasteiger partial charge in [-0.15, -0.1) is 11.3 Å². The van der Waals surface area contributed by atoms with Crippen LogP contribution in [0.2, 0.25) is 0 Å². The molecule has 0 bridgehead atoms. The van der Waals surface area contributed by atoms with Gasteiger partial charge in [0.1, 0.15) is 5.75 Å². The van der Waals surface area contributed by atoms with Gasteiger partial charge in [-0.2, -0.15) is 0 Å². The minimum Gasteiger partial charge on any atom is -0.494 e. The zero-order valence-corrected chi connectivity index (χ0v) is 15.6. The largest absolute Gasteiger partial charge is 0.494 e. The second kappa shape index (κ2) is 11.0. The minimum absolute atomic E-state index is 0.800. The fourth-order valence-electron chi connectivity index (χ4n) is 2.35. The smallest absolute Gasteiger partial charge is 0.187 e. The number of likely N-dealkylation sites (N-methyl/N-ethyl adjacent to an activating group) is 1. The van der Waals surface area contributed by atoms with Crippen LogP contribution >= 0.6 is 11.3 Å². The van der Waals surface area contributed by atoms with E-state index < -0.39 is 0 Å². The molecule has 0 radical (unpaired) electrons. The molecule has 0 amide bonds. The Kier molecular flexibility index (Phi) is 8.63. The van der Waals surface area contributed by atoms with Crippen LogP contribution in [0.3, 0.4) is 0 Å². The lowest BCUT2D eigenvalue weighted by Gasteiger charge is -2.07. The second-order valence-electron chi connectivity index (χ2n) is 5.81. The van der Waals surface area contributed by atoms with Gasteiger partial charge in [-0.25, -0.2) is 4.98 Å². The second-order valence-corrected chi connectivity index (χ2v) is 6.66. The van der Waals surface area contributed by atoms with E-state index >= 15 is 0 Å². The van der Waals surface area contributed by atoms with Crippen LogP contribution in [0.15, 0.2) is 29.6 Å². The van der Waals surface area contributed by atoms with E-state index in [1.807, 2.05) is 24.3 Å². The number of ether oxygens (including phenoxy) is 1. The summed E-state index contributed by atoms with van der Waals surface area (Å²) >= 11 is 1.65. The molecule has 2 N–H and O–H groups in total. The average Bonchev–Trinajstić information content (AvgIpc) is 3.04. The molecule has 0 fully saturated rings. The van der Waals surface area contributed by atoms with Crippen LogP contribution in [0.5, 0.6) is 5.75 Å².